The van der Waals surface area contributed by atoms with Crippen molar-refractivity contribution in [1.82, 2.24) is 15.2 Å². The maximum absolute atomic E-state index is 11.5. The van der Waals surface area contributed by atoms with Crippen molar-refractivity contribution in [3.63, 3.8) is 0 Å². The van der Waals surface area contributed by atoms with Crippen molar-refractivity contribution in [3.8, 4) is 10.6 Å². The predicted octanol–water partition coefficient (Wildman–Crippen LogP) is 2.29. The van der Waals surface area contributed by atoms with E-state index in [1.54, 1.807) is 24.2 Å². The van der Waals surface area contributed by atoms with E-state index < -0.39 is 0 Å². The van der Waals surface area contributed by atoms with Gasteiger partial charge < -0.3 is 5.32 Å². The summed E-state index contributed by atoms with van der Waals surface area (Å²) in [7, 11) is 0. The number of hydrogen-bond acceptors (Lipinski definition) is 6. The van der Waals surface area contributed by atoms with Gasteiger partial charge in [0.2, 0.25) is 11.0 Å². The van der Waals surface area contributed by atoms with Crippen LogP contribution in [0.4, 0.5) is 5.13 Å². The SMILES string of the molecule is CSCCC(=O)Nc1nnc(-c2cccnc2)s1. The first kappa shape index (κ1) is 13.0. The lowest BCUT2D eigenvalue weighted by Crippen LogP contribution is -2.11. The highest BCUT2D eigenvalue weighted by Crippen LogP contribution is 2.25. The quantitative estimate of drug-likeness (QED) is 0.910. The van der Waals surface area contributed by atoms with Gasteiger partial charge in [-0.3, -0.25) is 9.78 Å². The molecule has 0 atom stereocenters. The van der Waals surface area contributed by atoms with Gasteiger partial charge in [-0.05, 0) is 18.4 Å². The van der Waals surface area contributed by atoms with Crippen LogP contribution in [0.25, 0.3) is 10.6 Å². The largest absolute Gasteiger partial charge is 0.300 e. The summed E-state index contributed by atoms with van der Waals surface area (Å²) in [6.45, 7) is 0. The van der Waals surface area contributed by atoms with Crippen molar-refractivity contribution in [3.05, 3.63) is 24.5 Å². The molecule has 0 unspecified atom stereocenters. The van der Waals surface area contributed by atoms with Crippen LogP contribution in [0.3, 0.4) is 0 Å². The normalized spacial score (nSPS) is 10.3. The standard InChI is InChI=1S/C11H12N4OS2/c1-17-6-4-9(16)13-11-15-14-10(18-11)8-3-2-5-12-7-8/h2-3,5,7H,4,6H2,1H3,(H,13,15,16). The van der Waals surface area contributed by atoms with E-state index in [1.165, 1.54) is 11.3 Å². The topological polar surface area (TPSA) is 67.8 Å². The van der Waals surface area contributed by atoms with Crippen molar-refractivity contribution in [2.24, 2.45) is 0 Å². The molecule has 18 heavy (non-hydrogen) atoms. The fourth-order valence-electron chi connectivity index (χ4n) is 1.26. The smallest absolute Gasteiger partial charge is 0.227 e. The Hall–Kier alpha value is -1.47. The molecule has 2 aromatic rings. The Balaban J connectivity index is 2.00. The third-order valence-electron chi connectivity index (χ3n) is 2.11. The summed E-state index contributed by atoms with van der Waals surface area (Å²) in [5, 5.41) is 12.0. The molecule has 0 aromatic carbocycles. The van der Waals surface area contributed by atoms with Crippen LogP contribution in [0.5, 0.6) is 0 Å². The van der Waals surface area contributed by atoms with Crippen LogP contribution < -0.4 is 5.32 Å². The molecule has 0 fully saturated rings. The maximum Gasteiger partial charge on any atom is 0.227 e. The fourth-order valence-corrected chi connectivity index (χ4v) is 2.40. The Morgan fingerprint density at radius 2 is 2.39 bits per heavy atom. The summed E-state index contributed by atoms with van der Waals surface area (Å²) in [4.78, 5) is 15.5. The van der Waals surface area contributed by atoms with Crippen molar-refractivity contribution in [2.75, 3.05) is 17.3 Å². The molecule has 0 aliphatic carbocycles. The lowest BCUT2D eigenvalue weighted by atomic mass is 10.3. The van der Waals surface area contributed by atoms with Crippen molar-refractivity contribution < 1.29 is 4.79 Å². The molecule has 0 saturated heterocycles. The van der Waals surface area contributed by atoms with Crippen LogP contribution in [0, 0.1) is 0 Å². The third-order valence-corrected chi connectivity index (χ3v) is 3.61. The van der Waals surface area contributed by atoms with Gasteiger partial charge in [0.1, 0.15) is 0 Å². The molecule has 0 aliphatic rings. The molecule has 0 spiro atoms. The monoisotopic (exact) mass is 280 g/mol. The van der Waals surface area contributed by atoms with Crippen LogP contribution in [0.2, 0.25) is 0 Å². The first-order valence-corrected chi connectivity index (χ1v) is 7.53. The van der Waals surface area contributed by atoms with E-state index in [2.05, 4.69) is 20.5 Å². The van der Waals surface area contributed by atoms with Crippen LogP contribution in [-0.4, -0.2) is 33.1 Å². The van der Waals surface area contributed by atoms with Gasteiger partial charge in [-0.15, -0.1) is 10.2 Å². The van der Waals surface area contributed by atoms with Crippen LogP contribution in [0.1, 0.15) is 6.42 Å². The van der Waals surface area contributed by atoms with Gasteiger partial charge in [0.15, 0.2) is 5.01 Å². The predicted molar refractivity (Wildman–Crippen MR) is 74.8 cm³/mol. The number of carbonyl (C=O) groups is 1. The zero-order chi connectivity index (χ0) is 12.8. The van der Waals surface area contributed by atoms with Crippen molar-refractivity contribution in [2.45, 2.75) is 6.42 Å². The number of nitrogens with one attached hydrogen (secondary N) is 1. The summed E-state index contributed by atoms with van der Waals surface area (Å²) < 4.78 is 0. The molecule has 7 heteroatoms. The van der Waals surface area contributed by atoms with E-state index in [0.29, 0.717) is 11.6 Å². The Morgan fingerprint density at radius 1 is 1.50 bits per heavy atom. The molecule has 2 rings (SSSR count). The molecule has 5 nitrogen and oxygen atoms in total. The molecule has 0 radical (unpaired) electrons. The fraction of sp³-hybridized carbons (Fsp3) is 0.273. The van der Waals surface area contributed by atoms with E-state index in [0.717, 1.165) is 16.3 Å². The lowest BCUT2D eigenvalue weighted by Gasteiger charge is -1.98. The highest BCUT2D eigenvalue weighted by molar-refractivity contribution is 7.98. The Bertz CT molecular complexity index is 515. The van der Waals surface area contributed by atoms with Crippen LogP contribution >= 0.6 is 23.1 Å². The molecule has 1 N–H and O–H groups in total. The van der Waals surface area contributed by atoms with E-state index in [1.807, 2.05) is 18.4 Å². The molecule has 0 aliphatic heterocycles. The summed E-state index contributed by atoms with van der Waals surface area (Å²) in [5.41, 5.74) is 0.902. The highest BCUT2D eigenvalue weighted by Gasteiger charge is 2.09. The number of amides is 1. The lowest BCUT2D eigenvalue weighted by molar-refractivity contribution is -0.115. The van der Waals surface area contributed by atoms with E-state index >= 15 is 0 Å². The zero-order valence-corrected chi connectivity index (χ0v) is 11.4. The number of thioether (sulfide) groups is 1. The molecule has 94 valence electrons. The van der Waals surface area contributed by atoms with Crippen LogP contribution in [-0.2, 0) is 4.79 Å². The minimum Gasteiger partial charge on any atom is -0.300 e. The van der Waals surface area contributed by atoms with Gasteiger partial charge >= 0.3 is 0 Å². The second kappa shape index (κ2) is 6.46. The van der Waals surface area contributed by atoms with E-state index in [9.17, 15) is 4.79 Å². The van der Waals surface area contributed by atoms with Crippen LogP contribution in [0.15, 0.2) is 24.5 Å². The molecule has 0 bridgehead atoms. The first-order valence-electron chi connectivity index (χ1n) is 5.32. The average Bonchev–Trinajstić information content (AvgIpc) is 2.86. The Morgan fingerprint density at radius 3 is 3.11 bits per heavy atom. The van der Waals surface area contributed by atoms with Gasteiger partial charge in [0.25, 0.3) is 0 Å². The number of aromatic nitrogens is 3. The Labute approximate surface area is 113 Å². The maximum atomic E-state index is 11.5. The molecule has 1 amide bonds. The second-order valence-corrected chi connectivity index (χ2v) is 5.41. The summed E-state index contributed by atoms with van der Waals surface area (Å²) in [5.74, 6) is 0.776. The molecule has 2 aromatic heterocycles. The summed E-state index contributed by atoms with van der Waals surface area (Å²) in [6, 6.07) is 3.75. The third kappa shape index (κ3) is 3.51. The van der Waals surface area contributed by atoms with Crippen molar-refractivity contribution >= 4 is 34.1 Å². The molecule has 2 heterocycles. The summed E-state index contributed by atoms with van der Waals surface area (Å²) in [6.07, 6.45) is 5.89. The number of anilines is 1. The minimum absolute atomic E-state index is 0.0294. The van der Waals surface area contributed by atoms with Gasteiger partial charge in [0, 0.05) is 30.1 Å². The number of hydrogen-bond donors (Lipinski definition) is 1. The summed E-state index contributed by atoms with van der Waals surface area (Å²) >= 11 is 2.99. The molecular formula is C11H12N4OS2. The highest BCUT2D eigenvalue weighted by atomic mass is 32.2. The minimum atomic E-state index is -0.0294. The number of carbonyl (C=O) groups excluding carboxylic acids is 1. The van der Waals surface area contributed by atoms with Gasteiger partial charge in [-0.2, -0.15) is 11.8 Å². The number of nitrogens with zero attached hydrogens (tertiary/aromatic N) is 3. The zero-order valence-electron chi connectivity index (χ0n) is 9.79. The van der Waals surface area contributed by atoms with Gasteiger partial charge in [-0.1, -0.05) is 11.3 Å². The Kier molecular flexibility index (Phi) is 4.66. The molecule has 0 saturated carbocycles. The number of pyridine rings is 1. The van der Waals surface area contributed by atoms with Gasteiger partial charge in [0.05, 0.1) is 0 Å². The van der Waals surface area contributed by atoms with Crippen molar-refractivity contribution in [1.29, 1.82) is 0 Å². The van der Waals surface area contributed by atoms with E-state index in [-0.39, 0.29) is 5.91 Å². The first-order chi connectivity index (χ1) is 8.79. The van der Waals surface area contributed by atoms with Gasteiger partial charge in [-0.25, -0.2) is 0 Å². The molecular weight excluding hydrogens is 268 g/mol. The second-order valence-electron chi connectivity index (χ2n) is 3.45. The van der Waals surface area contributed by atoms with E-state index in [4.69, 9.17) is 0 Å². The number of rotatable bonds is 5. The average molecular weight is 280 g/mol.